The molecule has 8 heteroatoms. The number of nitrogens with one attached hydrogen (secondary N) is 1. The summed E-state index contributed by atoms with van der Waals surface area (Å²) >= 11 is 0. The maximum absolute atomic E-state index is 12.6. The molecule has 3 rings (SSSR count). The van der Waals surface area contributed by atoms with Gasteiger partial charge in [-0.3, -0.25) is 4.79 Å². The summed E-state index contributed by atoms with van der Waals surface area (Å²) < 4.78 is 35.4. The molecule has 2 atom stereocenters. The number of benzene rings is 1. The van der Waals surface area contributed by atoms with Crippen LogP contribution >= 0.6 is 0 Å². The van der Waals surface area contributed by atoms with Crippen LogP contribution in [-0.2, 0) is 4.79 Å². The first-order valence-electron chi connectivity index (χ1n) is 8.82. The smallest absolute Gasteiger partial charge is 0.387 e. The van der Waals surface area contributed by atoms with Gasteiger partial charge >= 0.3 is 6.61 Å². The molecule has 0 aromatic heterocycles. The van der Waals surface area contributed by atoms with Gasteiger partial charge in [-0.25, -0.2) is 0 Å². The lowest BCUT2D eigenvalue weighted by molar-refractivity contribution is -0.130. The number of alkyl halides is 2. The number of carbonyl (C=O) groups is 1. The molecule has 0 unspecified atom stereocenters. The summed E-state index contributed by atoms with van der Waals surface area (Å²) in [5.41, 5.74) is 0.699. The van der Waals surface area contributed by atoms with Gasteiger partial charge in [0, 0.05) is 31.3 Å². The summed E-state index contributed by atoms with van der Waals surface area (Å²) in [5, 5.41) is 12.7. The molecule has 26 heavy (non-hydrogen) atoms. The Morgan fingerprint density at radius 1 is 1.38 bits per heavy atom. The maximum Gasteiger partial charge on any atom is 0.387 e. The number of anilines is 1. The second-order valence-electron chi connectivity index (χ2n) is 6.88. The Hall–Kier alpha value is -2.09. The lowest BCUT2D eigenvalue weighted by Crippen LogP contribution is -2.36. The molecular formula is C18H24F2N2O4. The zero-order chi connectivity index (χ0) is 18.7. The first-order valence-corrected chi connectivity index (χ1v) is 8.82. The zero-order valence-corrected chi connectivity index (χ0v) is 14.7. The van der Waals surface area contributed by atoms with E-state index in [9.17, 15) is 18.7 Å². The van der Waals surface area contributed by atoms with Crippen molar-refractivity contribution in [1.29, 1.82) is 0 Å². The van der Waals surface area contributed by atoms with Gasteiger partial charge in [0.15, 0.2) is 11.5 Å². The largest absolute Gasteiger partial charge is 0.489 e. The Labute approximate surface area is 151 Å². The number of nitrogens with zero attached hydrogens (tertiary/aromatic N) is 1. The highest BCUT2D eigenvalue weighted by Gasteiger charge is 2.33. The second-order valence-corrected chi connectivity index (χ2v) is 6.88. The molecule has 0 radical (unpaired) electrons. The molecule has 1 heterocycles. The third-order valence-electron chi connectivity index (χ3n) is 4.73. The molecule has 0 bridgehead atoms. The van der Waals surface area contributed by atoms with Gasteiger partial charge in [0.2, 0.25) is 5.91 Å². The molecule has 1 saturated carbocycles. The van der Waals surface area contributed by atoms with Crippen LogP contribution in [0, 0.1) is 5.92 Å². The van der Waals surface area contributed by atoms with Crippen LogP contribution in [0.25, 0.3) is 0 Å². The first kappa shape index (κ1) is 18.7. The van der Waals surface area contributed by atoms with Crippen LogP contribution in [0.3, 0.4) is 0 Å². The van der Waals surface area contributed by atoms with Crippen LogP contribution in [0.15, 0.2) is 18.2 Å². The van der Waals surface area contributed by atoms with E-state index in [4.69, 9.17) is 4.74 Å². The van der Waals surface area contributed by atoms with Crippen LogP contribution in [0.5, 0.6) is 11.5 Å². The molecule has 2 aliphatic rings. The fraction of sp³-hybridized carbons (Fsp3) is 0.611. The van der Waals surface area contributed by atoms with E-state index in [0.29, 0.717) is 31.2 Å². The monoisotopic (exact) mass is 370 g/mol. The predicted octanol–water partition coefficient (Wildman–Crippen LogP) is 2.47. The van der Waals surface area contributed by atoms with Gasteiger partial charge in [-0.15, -0.1) is 0 Å². The van der Waals surface area contributed by atoms with Crippen molar-refractivity contribution in [1.82, 2.24) is 4.90 Å². The van der Waals surface area contributed by atoms with Crippen LogP contribution in [0.1, 0.15) is 26.2 Å². The van der Waals surface area contributed by atoms with Gasteiger partial charge in [0.05, 0.1) is 19.3 Å². The van der Waals surface area contributed by atoms with Crippen LogP contribution < -0.4 is 14.8 Å². The molecule has 1 saturated heterocycles. The molecular weight excluding hydrogens is 346 g/mol. The van der Waals surface area contributed by atoms with E-state index in [0.717, 1.165) is 12.8 Å². The molecule has 2 N–H and O–H groups in total. The number of likely N-dealkylation sites (tertiary alicyclic amines) is 1. The highest BCUT2D eigenvalue weighted by atomic mass is 19.3. The fourth-order valence-corrected chi connectivity index (χ4v) is 3.21. The number of hydrogen-bond acceptors (Lipinski definition) is 5. The minimum atomic E-state index is -2.92. The lowest BCUT2D eigenvalue weighted by Gasteiger charge is -2.20. The molecule has 1 aromatic rings. The Morgan fingerprint density at radius 2 is 2.15 bits per heavy atom. The standard InChI is InChI=1S/C18H24F2N2O4/c1-11(24)22-8-14(6-15(22)9-23)21-13-4-5-16(26-18(19)20)17(7-13)25-10-12-2-3-12/h4-5,7,12,14-15,18,21,23H,2-3,6,8-10H2,1H3/t14-,15-/m1/s1. The summed E-state index contributed by atoms with van der Waals surface area (Å²) in [6, 6.07) is 4.50. The predicted molar refractivity (Wildman–Crippen MR) is 91.6 cm³/mol. The van der Waals surface area contributed by atoms with Gasteiger partial charge in [-0.2, -0.15) is 8.78 Å². The summed E-state index contributed by atoms with van der Waals surface area (Å²) in [6.45, 7) is -0.563. The number of aliphatic hydroxyl groups excluding tert-OH is 1. The average molecular weight is 370 g/mol. The van der Waals surface area contributed by atoms with Gasteiger partial charge < -0.3 is 24.8 Å². The number of amides is 1. The normalized spacial score (nSPS) is 22.6. The summed E-state index contributed by atoms with van der Waals surface area (Å²) in [7, 11) is 0. The van der Waals surface area contributed by atoms with E-state index in [1.165, 1.54) is 13.0 Å². The molecule has 6 nitrogen and oxygen atoms in total. The van der Waals surface area contributed by atoms with Gasteiger partial charge in [0.25, 0.3) is 0 Å². The first-order chi connectivity index (χ1) is 12.5. The lowest BCUT2D eigenvalue weighted by atomic mass is 10.1. The maximum atomic E-state index is 12.6. The highest BCUT2D eigenvalue weighted by Crippen LogP contribution is 2.35. The molecule has 0 spiro atoms. The number of hydrogen-bond donors (Lipinski definition) is 2. The van der Waals surface area contributed by atoms with Crippen molar-refractivity contribution < 1.29 is 28.2 Å². The minimum absolute atomic E-state index is 0.0104. The molecule has 2 fully saturated rings. The molecule has 1 amide bonds. The van der Waals surface area contributed by atoms with Crippen LogP contribution in [0.4, 0.5) is 14.5 Å². The van der Waals surface area contributed by atoms with Crippen molar-refractivity contribution in [3.05, 3.63) is 18.2 Å². The quantitative estimate of drug-likeness (QED) is 0.736. The van der Waals surface area contributed by atoms with Crippen molar-refractivity contribution in [3.63, 3.8) is 0 Å². The van der Waals surface area contributed by atoms with Crippen molar-refractivity contribution >= 4 is 11.6 Å². The number of carbonyl (C=O) groups excluding carboxylic acids is 1. The minimum Gasteiger partial charge on any atom is -0.489 e. The fourth-order valence-electron chi connectivity index (χ4n) is 3.21. The molecule has 1 aliphatic heterocycles. The number of halogens is 2. The Kier molecular flexibility index (Phi) is 5.80. The van der Waals surface area contributed by atoms with Crippen LogP contribution in [-0.4, -0.2) is 54.4 Å². The third kappa shape index (κ3) is 4.75. The van der Waals surface area contributed by atoms with E-state index in [1.54, 1.807) is 17.0 Å². The Balaban J connectivity index is 1.68. The zero-order valence-electron chi connectivity index (χ0n) is 14.7. The van der Waals surface area contributed by atoms with Crippen molar-refractivity contribution in [2.75, 3.05) is 25.1 Å². The van der Waals surface area contributed by atoms with E-state index < -0.39 is 6.61 Å². The van der Waals surface area contributed by atoms with E-state index in [-0.39, 0.29) is 36.1 Å². The van der Waals surface area contributed by atoms with Gasteiger partial charge in [-0.05, 0) is 37.3 Å². The Bertz CT molecular complexity index is 640. The number of ether oxygens (including phenoxy) is 2. The summed E-state index contributed by atoms with van der Waals surface area (Å²) in [4.78, 5) is 13.3. The molecule has 144 valence electrons. The molecule has 1 aromatic carbocycles. The highest BCUT2D eigenvalue weighted by molar-refractivity contribution is 5.74. The average Bonchev–Trinajstić information content (AvgIpc) is 3.33. The van der Waals surface area contributed by atoms with Gasteiger partial charge in [-0.1, -0.05) is 0 Å². The van der Waals surface area contributed by atoms with Crippen molar-refractivity contribution in [2.45, 2.75) is 44.9 Å². The number of aliphatic hydroxyl groups is 1. The summed E-state index contributed by atoms with van der Waals surface area (Å²) in [5.74, 6) is 0.691. The van der Waals surface area contributed by atoms with E-state index in [1.807, 2.05) is 0 Å². The van der Waals surface area contributed by atoms with Gasteiger partial charge in [0.1, 0.15) is 0 Å². The van der Waals surface area contributed by atoms with Crippen LogP contribution in [0.2, 0.25) is 0 Å². The second kappa shape index (κ2) is 8.07. The summed E-state index contributed by atoms with van der Waals surface area (Å²) in [6.07, 6.45) is 2.80. The Morgan fingerprint density at radius 3 is 2.73 bits per heavy atom. The SMILES string of the molecule is CC(=O)N1C[C@H](Nc2ccc(OC(F)F)c(OCC3CC3)c2)C[C@@H]1CO. The van der Waals surface area contributed by atoms with Crippen molar-refractivity contribution in [2.24, 2.45) is 5.92 Å². The van der Waals surface area contributed by atoms with Crippen molar-refractivity contribution in [3.8, 4) is 11.5 Å². The number of rotatable bonds is 8. The topological polar surface area (TPSA) is 71.0 Å². The third-order valence-corrected chi connectivity index (χ3v) is 4.73. The van der Waals surface area contributed by atoms with E-state index >= 15 is 0 Å². The molecule has 1 aliphatic carbocycles. The van der Waals surface area contributed by atoms with E-state index in [2.05, 4.69) is 10.1 Å².